The molecule has 1 aliphatic rings. The summed E-state index contributed by atoms with van der Waals surface area (Å²) in [7, 11) is 4.45. The van der Waals surface area contributed by atoms with Crippen LogP contribution >= 0.6 is 22.7 Å². The monoisotopic (exact) mass is 456 g/mol. The Hall–Kier alpha value is -3.17. The maximum Gasteiger partial charge on any atom is 0.338 e. The number of thiophene rings is 1. The summed E-state index contributed by atoms with van der Waals surface area (Å²) in [4.78, 5) is 32.0. The first-order valence-electron chi connectivity index (χ1n) is 9.35. The molecule has 3 aromatic rings. The van der Waals surface area contributed by atoms with Crippen LogP contribution in [0.25, 0.3) is 6.08 Å². The lowest BCUT2D eigenvalue weighted by Gasteiger charge is -2.22. The Morgan fingerprint density at radius 2 is 1.97 bits per heavy atom. The van der Waals surface area contributed by atoms with Crippen molar-refractivity contribution in [2.24, 2.45) is 4.99 Å². The highest BCUT2D eigenvalue weighted by molar-refractivity contribution is 7.10. The van der Waals surface area contributed by atoms with Gasteiger partial charge in [0.05, 0.1) is 37.1 Å². The molecule has 0 spiro atoms. The molecular formula is C22H20N2O5S2. The van der Waals surface area contributed by atoms with Gasteiger partial charge in [-0.1, -0.05) is 29.5 Å². The van der Waals surface area contributed by atoms with E-state index < -0.39 is 12.0 Å². The average Bonchev–Trinajstić information content (AvgIpc) is 3.41. The third-order valence-electron chi connectivity index (χ3n) is 4.96. The number of methoxy groups -OCH3 is 3. The van der Waals surface area contributed by atoms with Crippen LogP contribution in [0.4, 0.5) is 0 Å². The van der Waals surface area contributed by atoms with Gasteiger partial charge in [0.1, 0.15) is 6.04 Å². The number of nitrogens with zero attached hydrogens (tertiary/aromatic N) is 2. The Morgan fingerprint density at radius 3 is 2.61 bits per heavy atom. The molecule has 1 atom stereocenters. The number of hydrogen-bond donors (Lipinski definition) is 0. The lowest BCUT2D eigenvalue weighted by Crippen LogP contribution is -2.39. The average molecular weight is 457 g/mol. The number of allylic oxidation sites excluding steroid dienone is 1. The van der Waals surface area contributed by atoms with Crippen LogP contribution in [0.2, 0.25) is 0 Å². The second-order valence-electron chi connectivity index (χ2n) is 6.67. The van der Waals surface area contributed by atoms with Crippen molar-refractivity contribution in [2.45, 2.75) is 13.0 Å². The van der Waals surface area contributed by atoms with Crippen molar-refractivity contribution >= 4 is 34.7 Å². The molecule has 31 heavy (non-hydrogen) atoms. The number of fused-ring (bicyclic) bond motifs is 1. The van der Waals surface area contributed by atoms with E-state index in [2.05, 4.69) is 4.99 Å². The summed E-state index contributed by atoms with van der Waals surface area (Å²) in [5.74, 6) is 0.616. The largest absolute Gasteiger partial charge is 0.493 e. The number of hydrogen-bond acceptors (Lipinski definition) is 8. The minimum atomic E-state index is -0.585. The minimum Gasteiger partial charge on any atom is -0.493 e. The highest BCUT2D eigenvalue weighted by atomic mass is 32.1. The third-order valence-corrected chi connectivity index (χ3v) is 6.87. The summed E-state index contributed by atoms with van der Waals surface area (Å²) in [5.41, 5.74) is 1.38. The van der Waals surface area contributed by atoms with Crippen molar-refractivity contribution in [1.29, 1.82) is 0 Å². The van der Waals surface area contributed by atoms with E-state index >= 15 is 0 Å². The molecule has 0 radical (unpaired) electrons. The van der Waals surface area contributed by atoms with E-state index in [4.69, 9.17) is 14.2 Å². The van der Waals surface area contributed by atoms with Gasteiger partial charge in [0.2, 0.25) is 0 Å². The smallest absolute Gasteiger partial charge is 0.338 e. The van der Waals surface area contributed by atoms with Crippen molar-refractivity contribution < 1.29 is 19.0 Å². The van der Waals surface area contributed by atoms with Crippen LogP contribution in [-0.2, 0) is 9.53 Å². The summed E-state index contributed by atoms with van der Waals surface area (Å²) in [6.07, 6.45) is 1.76. The summed E-state index contributed by atoms with van der Waals surface area (Å²) in [6.45, 7) is 1.76. The minimum absolute atomic E-state index is 0.235. The first-order valence-corrected chi connectivity index (χ1v) is 11.0. The lowest BCUT2D eigenvalue weighted by atomic mass is 10.0. The SMILES string of the molecule is COC(=O)C1=C(C)N=c2s/c(=C\c3cccc(OC)c3OC)c(=O)n2C1c1cccs1. The fourth-order valence-electron chi connectivity index (χ4n) is 3.58. The molecular weight excluding hydrogens is 436 g/mol. The molecule has 4 rings (SSSR count). The Balaban J connectivity index is 1.97. The predicted octanol–water partition coefficient (Wildman–Crippen LogP) is 2.49. The highest BCUT2D eigenvalue weighted by Gasteiger charge is 2.33. The number of carbonyl (C=O) groups excluding carboxylic acids is 1. The van der Waals surface area contributed by atoms with E-state index in [9.17, 15) is 9.59 Å². The van der Waals surface area contributed by atoms with Crippen LogP contribution in [0, 0.1) is 0 Å². The summed E-state index contributed by atoms with van der Waals surface area (Å²) in [5, 5.41) is 1.91. The van der Waals surface area contributed by atoms with Crippen LogP contribution in [0.5, 0.6) is 11.5 Å². The van der Waals surface area contributed by atoms with Gasteiger partial charge in [0.15, 0.2) is 16.3 Å². The molecule has 0 fully saturated rings. The standard InChI is InChI=1S/C22H20N2O5S2/c1-12-17(21(26)29-4)18(15-9-6-10-30-15)24-20(25)16(31-22(24)23-12)11-13-7-5-8-14(27-2)19(13)28-3/h5-11,18H,1-4H3/b16-11-. The maximum atomic E-state index is 13.5. The Morgan fingerprint density at radius 1 is 1.16 bits per heavy atom. The zero-order valence-electron chi connectivity index (χ0n) is 17.4. The van der Waals surface area contributed by atoms with E-state index in [1.165, 1.54) is 29.8 Å². The normalized spacial score (nSPS) is 16.0. The quantitative estimate of drug-likeness (QED) is 0.551. The van der Waals surface area contributed by atoms with Crippen LogP contribution in [-0.4, -0.2) is 31.9 Å². The van der Waals surface area contributed by atoms with Gasteiger partial charge >= 0.3 is 5.97 Å². The number of rotatable bonds is 5. The topological polar surface area (TPSA) is 79.1 Å². The Kier molecular flexibility index (Phi) is 5.79. The van der Waals surface area contributed by atoms with Crippen LogP contribution in [0.15, 0.2) is 56.8 Å². The number of ether oxygens (including phenoxy) is 3. The third kappa shape index (κ3) is 3.60. The number of aromatic nitrogens is 1. The molecule has 3 heterocycles. The second kappa shape index (κ2) is 8.52. The number of benzene rings is 1. The van der Waals surface area contributed by atoms with Gasteiger partial charge in [0, 0.05) is 10.4 Å². The van der Waals surface area contributed by atoms with E-state index in [1.54, 1.807) is 37.9 Å². The van der Waals surface area contributed by atoms with Crippen molar-refractivity contribution in [3.8, 4) is 11.5 Å². The van der Waals surface area contributed by atoms with Crippen LogP contribution < -0.4 is 24.4 Å². The molecule has 7 nitrogen and oxygen atoms in total. The van der Waals surface area contributed by atoms with E-state index in [-0.39, 0.29) is 5.56 Å². The summed E-state index contributed by atoms with van der Waals surface area (Å²) in [6, 6.07) is 8.68. The molecule has 1 unspecified atom stereocenters. The molecule has 160 valence electrons. The van der Waals surface area contributed by atoms with Crippen molar-refractivity contribution in [2.75, 3.05) is 21.3 Å². The van der Waals surface area contributed by atoms with Gasteiger partial charge in [-0.25, -0.2) is 9.79 Å². The number of esters is 1. The van der Waals surface area contributed by atoms with E-state index in [1.807, 2.05) is 29.6 Å². The molecule has 0 N–H and O–H groups in total. The molecule has 0 saturated carbocycles. The summed E-state index contributed by atoms with van der Waals surface area (Å²) >= 11 is 2.74. The summed E-state index contributed by atoms with van der Waals surface area (Å²) < 4.78 is 17.9. The van der Waals surface area contributed by atoms with Gasteiger partial charge in [-0.2, -0.15) is 0 Å². The Bertz CT molecular complexity index is 1350. The Labute approximate surface area is 186 Å². The van der Waals surface area contributed by atoms with E-state index in [0.29, 0.717) is 37.7 Å². The molecule has 9 heteroatoms. The first-order chi connectivity index (χ1) is 15.0. The molecule has 0 bridgehead atoms. The molecule has 0 aliphatic carbocycles. The first kappa shape index (κ1) is 21.1. The fraction of sp³-hybridized carbons (Fsp3) is 0.227. The zero-order valence-corrected chi connectivity index (χ0v) is 19.0. The molecule has 0 amide bonds. The predicted molar refractivity (Wildman–Crippen MR) is 120 cm³/mol. The van der Waals surface area contributed by atoms with Crippen LogP contribution in [0.1, 0.15) is 23.4 Å². The second-order valence-corrected chi connectivity index (χ2v) is 8.66. The molecule has 1 aromatic carbocycles. The molecule has 0 saturated heterocycles. The number of carbonyl (C=O) groups is 1. The van der Waals surface area contributed by atoms with Gasteiger partial charge < -0.3 is 14.2 Å². The van der Waals surface area contributed by atoms with Gasteiger partial charge in [-0.3, -0.25) is 9.36 Å². The van der Waals surface area contributed by atoms with Crippen LogP contribution in [0.3, 0.4) is 0 Å². The van der Waals surface area contributed by atoms with E-state index in [0.717, 1.165) is 4.88 Å². The van der Waals surface area contributed by atoms with Crippen molar-refractivity contribution in [1.82, 2.24) is 4.57 Å². The maximum absolute atomic E-state index is 13.5. The fourth-order valence-corrected chi connectivity index (χ4v) is 5.44. The molecule has 1 aliphatic heterocycles. The lowest BCUT2D eigenvalue weighted by molar-refractivity contribution is -0.136. The van der Waals surface area contributed by atoms with Gasteiger partial charge in [-0.15, -0.1) is 11.3 Å². The van der Waals surface area contributed by atoms with Gasteiger partial charge in [0.25, 0.3) is 5.56 Å². The number of thiazole rings is 1. The van der Waals surface area contributed by atoms with Crippen molar-refractivity contribution in [3.05, 3.63) is 77.1 Å². The van der Waals surface area contributed by atoms with Crippen molar-refractivity contribution in [3.63, 3.8) is 0 Å². The zero-order chi connectivity index (χ0) is 22.1. The van der Waals surface area contributed by atoms with Gasteiger partial charge in [-0.05, 0) is 30.5 Å². The number of para-hydroxylation sites is 1. The highest BCUT2D eigenvalue weighted by Crippen LogP contribution is 2.33. The molecule has 2 aromatic heterocycles.